The number of halogens is 1. The average Bonchev–Trinajstić information content (AvgIpc) is 2.46. The summed E-state index contributed by atoms with van der Waals surface area (Å²) in [5.74, 6) is 0.0641. The molecule has 0 aliphatic heterocycles. The molecule has 0 fully saturated rings. The number of benzene rings is 1. The fourth-order valence-electron chi connectivity index (χ4n) is 1.47. The van der Waals surface area contributed by atoms with E-state index in [1.54, 1.807) is 24.3 Å². The Morgan fingerprint density at radius 1 is 1.35 bits per heavy atom. The largest absolute Gasteiger partial charge is 0.288 e. The first-order valence-corrected chi connectivity index (χ1v) is 5.83. The lowest BCUT2D eigenvalue weighted by Gasteiger charge is -1.97. The van der Waals surface area contributed by atoms with Gasteiger partial charge in [0.25, 0.3) is 5.69 Å². The summed E-state index contributed by atoms with van der Waals surface area (Å²) in [4.78, 5) is 17.9. The van der Waals surface area contributed by atoms with Gasteiger partial charge in [-0.3, -0.25) is 10.1 Å². The van der Waals surface area contributed by atoms with Crippen molar-refractivity contribution < 1.29 is 4.92 Å². The van der Waals surface area contributed by atoms with Gasteiger partial charge in [0.05, 0.1) is 10.6 Å². The van der Waals surface area contributed by atoms with Crippen LogP contribution in [0.2, 0.25) is 5.02 Å². The highest BCUT2D eigenvalue weighted by atomic mass is 35.5. The van der Waals surface area contributed by atoms with E-state index in [9.17, 15) is 10.1 Å². The van der Waals surface area contributed by atoms with Gasteiger partial charge < -0.3 is 0 Å². The zero-order valence-corrected chi connectivity index (χ0v) is 10.8. The zero-order chi connectivity index (χ0) is 14.5. The molecule has 0 aliphatic carbocycles. The molecule has 20 heavy (non-hydrogen) atoms. The van der Waals surface area contributed by atoms with E-state index < -0.39 is 4.92 Å². The van der Waals surface area contributed by atoms with E-state index in [1.807, 2.05) is 6.07 Å². The van der Waals surface area contributed by atoms with Crippen LogP contribution in [0.1, 0.15) is 17.1 Å². The van der Waals surface area contributed by atoms with Crippen LogP contribution in [0.4, 0.5) is 5.69 Å². The third-order valence-electron chi connectivity index (χ3n) is 2.39. The monoisotopic (exact) mass is 286 g/mol. The Labute approximate surface area is 119 Å². The Morgan fingerprint density at radius 3 is 2.85 bits per heavy atom. The van der Waals surface area contributed by atoms with Gasteiger partial charge >= 0.3 is 0 Å². The van der Waals surface area contributed by atoms with Gasteiger partial charge in [0.2, 0.25) is 5.82 Å². The van der Waals surface area contributed by atoms with Gasteiger partial charge in [-0.2, -0.15) is 5.26 Å². The standard InChI is InChI=1S/C13H7ClN4O2/c14-11-4-2-9(7-12(11)18(19)20)1-3-10-5-6-16-13(8-15)17-10/h1-7H/b3-1+. The van der Waals surface area contributed by atoms with Gasteiger partial charge in [0, 0.05) is 12.3 Å². The van der Waals surface area contributed by atoms with Crippen molar-refractivity contribution in [3.63, 3.8) is 0 Å². The summed E-state index contributed by atoms with van der Waals surface area (Å²) in [5.41, 5.74) is 0.988. The van der Waals surface area contributed by atoms with Crippen LogP contribution >= 0.6 is 11.6 Å². The van der Waals surface area contributed by atoms with Gasteiger partial charge in [0.15, 0.2) is 0 Å². The molecule has 1 aromatic heterocycles. The number of nitro groups is 1. The second-order valence-corrected chi connectivity index (χ2v) is 4.13. The first-order chi connectivity index (χ1) is 9.60. The Bertz CT molecular complexity index is 737. The summed E-state index contributed by atoms with van der Waals surface area (Å²) < 4.78 is 0. The van der Waals surface area contributed by atoms with Crippen LogP contribution in [0, 0.1) is 21.4 Å². The summed E-state index contributed by atoms with van der Waals surface area (Å²) in [7, 11) is 0. The second-order valence-electron chi connectivity index (χ2n) is 3.72. The predicted molar refractivity (Wildman–Crippen MR) is 73.8 cm³/mol. The maximum absolute atomic E-state index is 10.8. The van der Waals surface area contributed by atoms with E-state index in [0.717, 1.165) is 0 Å². The van der Waals surface area contributed by atoms with Crippen LogP contribution in [0.5, 0.6) is 0 Å². The van der Waals surface area contributed by atoms with E-state index in [0.29, 0.717) is 11.3 Å². The number of nitriles is 1. The van der Waals surface area contributed by atoms with E-state index in [1.165, 1.54) is 18.3 Å². The summed E-state index contributed by atoms with van der Waals surface area (Å²) >= 11 is 5.73. The van der Waals surface area contributed by atoms with Gasteiger partial charge in [0.1, 0.15) is 11.1 Å². The Balaban J connectivity index is 2.30. The van der Waals surface area contributed by atoms with E-state index in [4.69, 9.17) is 16.9 Å². The van der Waals surface area contributed by atoms with Gasteiger partial charge in [-0.1, -0.05) is 23.7 Å². The molecule has 1 aromatic carbocycles. The molecule has 0 saturated carbocycles. The molecule has 98 valence electrons. The molecule has 0 saturated heterocycles. The first-order valence-electron chi connectivity index (χ1n) is 5.45. The SMILES string of the molecule is N#Cc1nccc(/C=C/c2ccc(Cl)c([N+](=O)[O-])c2)n1. The molecule has 7 heteroatoms. The van der Waals surface area contributed by atoms with Crippen molar-refractivity contribution in [1.29, 1.82) is 5.26 Å². The van der Waals surface area contributed by atoms with Gasteiger partial charge in [-0.05, 0) is 23.8 Å². The molecular weight excluding hydrogens is 280 g/mol. The highest BCUT2D eigenvalue weighted by molar-refractivity contribution is 6.32. The normalized spacial score (nSPS) is 10.4. The van der Waals surface area contributed by atoms with Gasteiger partial charge in [-0.15, -0.1) is 0 Å². The van der Waals surface area contributed by atoms with E-state index >= 15 is 0 Å². The highest BCUT2D eigenvalue weighted by Crippen LogP contribution is 2.25. The van der Waals surface area contributed by atoms with Gasteiger partial charge in [-0.25, -0.2) is 9.97 Å². The van der Waals surface area contributed by atoms with Crippen LogP contribution in [-0.2, 0) is 0 Å². The molecular formula is C13H7ClN4O2. The van der Waals surface area contributed by atoms with Crippen LogP contribution in [0.25, 0.3) is 12.2 Å². The molecule has 0 amide bonds. The summed E-state index contributed by atoms with van der Waals surface area (Å²) in [6.07, 6.45) is 4.75. The summed E-state index contributed by atoms with van der Waals surface area (Å²) in [6.45, 7) is 0. The zero-order valence-electron chi connectivity index (χ0n) is 10.0. The maximum atomic E-state index is 10.8. The van der Waals surface area contributed by atoms with Crippen molar-refractivity contribution in [2.24, 2.45) is 0 Å². The fraction of sp³-hybridized carbons (Fsp3) is 0. The number of hydrogen-bond acceptors (Lipinski definition) is 5. The molecule has 0 aliphatic rings. The molecule has 0 atom stereocenters. The van der Waals surface area contributed by atoms with Crippen LogP contribution in [-0.4, -0.2) is 14.9 Å². The quantitative estimate of drug-likeness (QED) is 0.638. The fourth-order valence-corrected chi connectivity index (χ4v) is 1.66. The number of nitro benzene ring substituents is 1. The van der Waals surface area contributed by atoms with Crippen molar-refractivity contribution >= 4 is 29.4 Å². The Kier molecular flexibility index (Phi) is 4.03. The second kappa shape index (κ2) is 5.91. The Morgan fingerprint density at radius 2 is 2.15 bits per heavy atom. The van der Waals surface area contributed by atoms with Crippen molar-refractivity contribution in [2.45, 2.75) is 0 Å². The smallest absolute Gasteiger partial charge is 0.258 e. The molecule has 1 heterocycles. The van der Waals surface area contributed by atoms with Crippen LogP contribution < -0.4 is 0 Å². The number of rotatable bonds is 3. The minimum absolute atomic E-state index is 0.0641. The van der Waals surface area contributed by atoms with E-state index in [-0.39, 0.29) is 16.5 Å². The topological polar surface area (TPSA) is 92.7 Å². The van der Waals surface area contributed by atoms with Crippen LogP contribution in [0.3, 0.4) is 0 Å². The van der Waals surface area contributed by atoms with Crippen molar-refractivity contribution in [3.8, 4) is 6.07 Å². The summed E-state index contributed by atoms with van der Waals surface area (Å²) in [6, 6.07) is 7.94. The molecule has 0 spiro atoms. The molecule has 0 bridgehead atoms. The van der Waals surface area contributed by atoms with E-state index in [2.05, 4.69) is 9.97 Å². The Hall–Kier alpha value is -2.78. The number of hydrogen-bond donors (Lipinski definition) is 0. The van der Waals surface area contributed by atoms with Crippen molar-refractivity contribution in [2.75, 3.05) is 0 Å². The highest BCUT2D eigenvalue weighted by Gasteiger charge is 2.11. The van der Waals surface area contributed by atoms with Crippen LogP contribution in [0.15, 0.2) is 30.5 Å². The lowest BCUT2D eigenvalue weighted by Crippen LogP contribution is -1.90. The third kappa shape index (κ3) is 3.16. The van der Waals surface area contributed by atoms with Crippen molar-refractivity contribution in [3.05, 3.63) is 62.7 Å². The molecule has 0 unspecified atom stereocenters. The van der Waals surface area contributed by atoms with Crippen molar-refractivity contribution in [1.82, 2.24) is 9.97 Å². The number of nitrogens with zero attached hydrogens (tertiary/aromatic N) is 4. The summed E-state index contributed by atoms with van der Waals surface area (Å²) in [5, 5.41) is 19.5. The maximum Gasteiger partial charge on any atom is 0.288 e. The molecule has 2 aromatic rings. The lowest BCUT2D eigenvalue weighted by molar-refractivity contribution is -0.384. The average molecular weight is 287 g/mol. The molecule has 0 N–H and O–H groups in total. The molecule has 2 rings (SSSR count). The minimum Gasteiger partial charge on any atom is -0.258 e. The predicted octanol–water partition coefficient (Wildman–Crippen LogP) is 3.08. The first kappa shape index (κ1) is 13.6. The molecule has 0 radical (unpaired) electrons. The lowest BCUT2D eigenvalue weighted by atomic mass is 10.2. The number of aromatic nitrogens is 2. The molecule has 6 nitrogen and oxygen atoms in total. The minimum atomic E-state index is -0.544. The third-order valence-corrected chi connectivity index (χ3v) is 2.71.